The molecule has 6 heteroatoms. The standard InChI is InChI=1S/C15H18N2O4/c18-13(8-11-4-2-1-3-5-11)17-7-6-12(10-17)15(21)16-9-14(19)20/h1-5,12H,6-10H2,(H,16,21)(H,19,20)/t12-/m0/s1. The van der Waals surface area contributed by atoms with E-state index in [1.54, 1.807) is 4.90 Å². The van der Waals surface area contributed by atoms with Crippen molar-refractivity contribution in [2.75, 3.05) is 19.6 Å². The highest BCUT2D eigenvalue weighted by molar-refractivity contribution is 5.85. The van der Waals surface area contributed by atoms with Crippen molar-refractivity contribution in [3.63, 3.8) is 0 Å². The van der Waals surface area contributed by atoms with Crippen LogP contribution in [0.5, 0.6) is 0 Å². The second kappa shape index (κ2) is 6.88. The Kier molecular flexibility index (Phi) is 4.92. The van der Waals surface area contributed by atoms with Crippen molar-refractivity contribution in [3.8, 4) is 0 Å². The Balaban J connectivity index is 1.83. The van der Waals surface area contributed by atoms with Gasteiger partial charge in [0.1, 0.15) is 6.54 Å². The summed E-state index contributed by atoms with van der Waals surface area (Å²) in [4.78, 5) is 36.0. The Hall–Kier alpha value is -2.37. The normalized spacial score (nSPS) is 17.5. The molecule has 2 N–H and O–H groups in total. The fraction of sp³-hybridized carbons (Fsp3) is 0.400. The van der Waals surface area contributed by atoms with Crippen LogP contribution in [0.2, 0.25) is 0 Å². The average molecular weight is 290 g/mol. The van der Waals surface area contributed by atoms with Crippen LogP contribution in [0.3, 0.4) is 0 Å². The molecular weight excluding hydrogens is 272 g/mol. The zero-order valence-electron chi connectivity index (χ0n) is 11.6. The molecule has 1 aromatic carbocycles. The van der Waals surface area contributed by atoms with Gasteiger partial charge in [-0.2, -0.15) is 0 Å². The molecular formula is C15H18N2O4. The Morgan fingerprint density at radius 1 is 1.24 bits per heavy atom. The first-order valence-corrected chi connectivity index (χ1v) is 6.87. The van der Waals surface area contributed by atoms with Gasteiger partial charge in [0.2, 0.25) is 11.8 Å². The van der Waals surface area contributed by atoms with E-state index in [1.165, 1.54) is 0 Å². The molecule has 21 heavy (non-hydrogen) atoms. The van der Waals surface area contributed by atoms with Gasteiger partial charge in [0.05, 0.1) is 12.3 Å². The highest BCUT2D eigenvalue weighted by Gasteiger charge is 2.30. The van der Waals surface area contributed by atoms with Crippen LogP contribution in [0, 0.1) is 5.92 Å². The van der Waals surface area contributed by atoms with Gasteiger partial charge in [-0.1, -0.05) is 30.3 Å². The summed E-state index contributed by atoms with van der Waals surface area (Å²) in [6.07, 6.45) is 0.899. The SMILES string of the molecule is O=C(O)CNC(=O)[C@H]1CCN(C(=O)Cc2ccccc2)C1. The summed E-state index contributed by atoms with van der Waals surface area (Å²) in [6, 6.07) is 9.45. The number of carbonyl (C=O) groups is 3. The van der Waals surface area contributed by atoms with Gasteiger partial charge in [0.25, 0.3) is 0 Å². The van der Waals surface area contributed by atoms with E-state index in [9.17, 15) is 14.4 Å². The zero-order chi connectivity index (χ0) is 15.2. The smallest absolute Gasteiger partial charge is 0.322 e. The molecule has 1 fully saturated rings. The van der Waals surface area contributed by atoms with E-state index < -0.39 is 5.97 Å². The summed E-state index contributed by atoms with van der Waals surface area (Å²) in [5.41, 5.74) is 0.946. The number of aliphatic carboxylic acids is 1. The molecule has 1 aliphatic heterocycles. The van der Waals surface area contributed by atoms with Crippen LogP contribution in [-0.2, 0) is 20.8 Å². The molecule has 0 bridgehead atoms. The lowest BCUT2D eigenvalue weighted by atomic mass is 10.1. The number of rotatable bonds is 5. The van der Waals surface area contributed by atoms with Crippen LogP contribution in [0.4, 0.5) is 0 Å². The van der Waals surface area contributed by atoms with Crippen molar-refractivity contribution >= 4 is 17.8 Å². The number of amides is 2. The summed E-state index contributed by atoms with van der Waals surface area (Å²) < 4.78 is 0. The van der Waals surface area contributed by atoms with Gasteiger partial charge in [0.15, 0.2) is 0 Å². The van der Waals surface area contributed by atoms with Crippen molar-refractivity contribution in [3.05, 3.63) is 35.9 Å². The second-order valence-electron chi connectivity index (χ2n) is 5.10. The van der Waals surface area contributed by atoms with Gasteiger partial charge >= 0.3 is 5.97 Å². The van der Waals surface area contributed by atoms with Crippen LogP contribution in [0.15, 0.2) is 30.3 Å². The number of carboxylic acids is 1. The summed E-state index contributed by atoms with van der Waals surface area (Å²) in [7, 11) is 0. The van der Waals surface area contributed by atoms with Crippen LogP contribution >= 0.6 is 0 Å². The van der Waals surface area contributed by atoms with Gasteiger partial charge in [-0.25, -0.2) is 0 Å². The Morgan fingerprint density at radius 2 is 1.95 bits per heavy atom. The first kappa shape index (κ1) is 15.0. The highest BCUT2D eigenvalue weighted by atomic mass is 16.4. The van der Waals surface area contributed by atoms with E-state index in [0.717, 1.165) is 5.56 Å². The lowest BCUT2D eigenvalue weighted by Crippen LogP contribution is -2.37. The van der Waals surface area contributed by atoms with Crippen LogP contribution in [-0.4, -0.2) is 47.4 Å². The zero-order valence-corrected chi connectivity index (χ0v) is 11.6. The minimum absolute atomic E-state index is 0.00488. The molecule has 6 nitrogen and oxygen atoms in total. The highest BCUT2D eigenvalue weighted by Crippen LogP contribution is 2.17. The summed E-state index contributed by atoms with van der Waals surface area (Å²) >= 11 is 0. The molecule has 0 aliphatic carbocycles. The third kappa shape index (κ3) is 4.30. The fourth-order valence-electron chi connectivity index (χ4n) is 2.39. The van der Waals surface area contributed by atoms with Gasteiger partial charge in [0, 0.05) is 13.1 Å². The van der Waals surface area contributed by atoms with Crippen molar-refractivity contribution in [1.82, 2.24) is 10.2 Å². The van der Waals surface area contributed by atoms with E-state index in [1.807, 2.05) is 30.3 Å². The van der Waals surface area contributed by atoms with E-state index >= 15 is 0 Å². The number of nitrogens with one attached hydrogen (secondary N) is 1. The molecule has 1 atom stereocenters. The van der Waals surface area contributed by atoms with E-state index in [2.05, 4.69) is 5.32 Å². The minimum atomic E-state index is -1.07. The Labute approximate surface area is 122 Å². The van der Waals surface area contributed by atoms with E-state index in [4.69, 9.17) is 5.11 Å². The number of carboxylic acid groups (broad SMARTS) is 1. The molecule has 0 spiro atoms. The number of carbonyl (C=O) groups excluding carboxylic acids is 2. The number of likely N-dealkylation sites (tertiary alicyclic amines) is 1. The topological polar surface area (TPSA) is 86.7 Å². The third-order valence-corrected chi connectivity index (χ3v) is 3.52. The van der Waals surface area contributed by atoms with Gasteiger partial charge in [-0.15, -0.1) is 0 Å². The molecule has 1 heterocycles. The quantitative estimate of drug-likeness (QED) is 0.815. The fourth-order valence-corrected chi connectivity index (χ4v) is 2.39. The lowest BCUT2D eigenvalue weighted by Gasteiger charge is -2.16. The van der Waals surface area contributed by atoms with Crippen LogP contribution < -0.4 is 5.32 Å². The predicted molar refractivity (Wildman–Crippen MR) is 75.5 cm³/mol. The summed E-state index contributed by atoms with van der Waals surface area (Å²) in [5.74, 6) is -1.69. The van der Waals surface area contributed by atoms with Crippen molar-refractivity contribution in [2.45, 2.75) is 12.8 Å². The first-order chi connectivity index (χ1) is 10.1. The molecule has 1 saturated heterocycles. The van der Waals surface area contributed by atoms with Crippen LogP contribution in [0.1, 0.15) is 12.0 Å². The molecule has 0 unspecified atom stereocenters. The lowest BCUT2D eigenvalue weighted by molar-refractivity contribution is -0.138. The third-order valence-electron chi connectivity index (χ3n) is 3.52. The summed E-state index contributed by atoms with van der Waals surface area (Å²) in [6.45, 7) is 0.515. The maximum Gasteiger partial charge on any atom is 0.322 e. The monoisotopic (exact) mass is 290 g/mol. The molecule has 112 valence electrons. The molecule has 1 aromatic rings. The average Bonchev–Trinajstić information content (AvgIpc) is 2.95. The maximum atomic E-state index is 12.1. The molecule has 2 rings (SSSR count). The Morgan fingerprint density at radius 3 is 2.62 bits per heavy atom. The predicted octanol–water partition coefficient (Wildman–Crippen LogP) is 0.278. The molecule has 0 aromatic heterocycles. The van der Waals surface area contributed by atoms with Crippen LogP contribution in [0.25, 0.3) is 0 Å². The van der Waals surface area contributed by atoms with E-state index in [-0.39, 0.29) is 24.3 Å². The van der Waals surface area contributed by atoms with Gasteiger partial charge in [-0.3, -0.25) is 14.4 Å². The molecule has 0 saturated carbocycles. The molecule has 2 amide bonds. The Bertz CT molecular complexity index is 530. The number of benzene rings is 1. The van der Waals surface area contributed by atoms with Gasteiger partial charge in [-0.05, 0) is 12.0 Å². The van der Waals surface area contributed by atoms with E-state index in [0.29, 0.717) is 25.9 Å². The van der Waals surface area contributed by atoms with Crippen molar-refractivity contribution in [2.24, 2.45) is 5.92 Å². The van der Waals surface area contributed by atoms with Gasteiger partial charge < -0.3 is 15.3 Å². The number of hydrogen-bond acceptors (Lipinski definition) is 3. The second-order valence-corrected chi connectivity index (χ2v) is 5.10. The maximum absolute atomic E-state index is 12.1. The molecule has 1 aliphatic rings. The first-order valence-electron chi connectivity index (χ1n) is 6.87. The number of hydrogen-bond donors (Lipinski definition) is 2. The number of nitrogens with zero attached hydrogens (tertiary/aromatic N) is 1. The largest absolute Gasteiger partial charge is 0.480 e. The van der Waals surface area contributed by atoms with Crippen molar-refractivity contribution < 1.29 is 19.5 Å². The summed E-state index contributed by atoms with van der Waals surface area (Å²) in [5, 5.41) is 10.9. The minimum Gasteiger partial charge on any atom is -0.480 e. The van der Waals surface area contributed by atoms with Crippen molar-refractivity contribution in [1.29, 1.82) is 0 Å². The molecule has 0 radical (unpaired) electrons.